The monoisotopic (exact) mass is 246 g/mol. The molecule has 2 atom stereocenters. The molecule has 98 valence electrons. The van der Waals surface area contributed by atoms with Crippen LogP contribution < -0.4 is 10.6 Å². The summed E-state index contributed by atoms with van der Waals surface area (Å²) in [6.07, 6.45) is 3.35. The Morgan fingerprint density at radius 1 is 1.39 bits per heavy atom. The third-order valence-corrected chi connectivity index (χ3v) is 3.99. The lowest BCUT2D eigenvalue weighted by molar-refractivity contribution is -0.123. The van der Waals surface area contributed by atoms with Crippen LogP contribution in [0.2, 0.25) is 0 Å². The molecule has 18 heavy (non-hydrogen) atoms. The summed E-state index contributed by atoms with van der Waals surface area (Å²) in [7, 11) is 0. The molecule has 0 spiro atoms. The first kappa shape index (κ1) is 12.9. The zero-order chi connectivity index (χ0) is 13.1. The van der Waals surface area contributed by atoms with Gasteiger partial charge in [-0.05, 0) is 37.8 Å². The first-order chi connectivity index (χ1) is 8.65. The van der Waals surface area contributed by atoms with Gasteiger partial charge in [0.05, 0.1) is 11.4 Å². The Kier molecular flexibility index (Phi) is 3.90. The lowest BCUT2D eigenvalue weighted by Crippen LogP contribution is -2.37. The summed E-state index contributed by atoms with van der Waals surface area (Å²) in [6, 6.07) is 7.61. The highest BCUT2D eigenvalue weighted by Crippen LogP contribution is 2.34. The Balaban J connectivity index is 2.23. The first-order valence-corrected chi connectivity index (χ1v) is 6.81. The van der Waals surface area contributed by atoms with E-state index in [1.54, 1.807) is 0 Å². The van der Waals surface area contributed by atoms with E-state index in [1.165, 1.54) is 6.42 Å². The van der Waals surface area contributed by atoms with E-state index in [-0.39, 0.29) is 11.8 Å². The van der Waals surface area contributed by atoms with Crippen molar-refractivity contribution in [3.8, 4) is 0 Å². The van der Waals surface area contributed by atoms with Crippen LogP contribution >= 0.6 is 0 Å². The van der Waals surface area contributed by atoms with E-state index in [4.69, 9.17) is 5.73 Å². The average Bonchev–Trinajstić information content (AvgIpc) is 2.78. The molecule has 1 aliphatic carbocycles. The minimum absolute atomic E-state index is 0.171. The number of benzene rings is 1. The van der Waals surface area contributed by atoms with Crippen molar-refractivity contribution < 1.29 is 4.79 Å². The molecule has 1 aromatic rings. The van der Waals surface area contributed by atoms with E-state index in [0.29, 0.717) is 18.2 Å². The molecule has 0 saturated heterocycles. The first-order valence-electron chi connectivity index (χ1n) is 6.81. The van der Waals surface area contributed by atoms with Gasteiger partial charge in [-0.2, -0.15) is 0 Å². The predicted molar refractivity (Wildman–Crippen MR) is 75.4 cm³/mol. The fourth-order valence-corrected chi connectivity index (χ4v) is 2.89. The van der Waals surface area contributed by atoms with Gasteiger partial charge in [-0.3, -0.25) is 4.79 Å². The maximum Gasteiger partial charge on any atom is 0.230 e. The minimum Gasteiger partial charge on any atom is -0.397 e. The third kappa shape index (κ3) is 2.35. The van der Waals surface area contributed by atoms with Gasteiger partial charge in [-0.15, -0.1) is 0 Å². The molecule has 2 unspecified atom stereocenters. The van der Waals surface area contributed by atoms with E-state index in [1.807, 2.05) is 36.1 Å². The Morgan fingerprint density at radius 2 is 2.11 bits per heavy atom. The highest BCUT2D eigenvalue weighted by Gasteiger charge is 2.33. The number of hydrogen-bond acceptors (Lipinski definition) is 2. The van der Waals surface area contributed by atoms with Crippen LogP contribution in [0.3, 0.4) is 0 Å². The van der Waals surface area contributed by atoms with Gasteiger partial charge >= 0.3 is 0 Å². The Hall–Kier alpha value is -1.51. The van der Waals surface area contributed by atoms with Crippen LogP contribution in [0.4, 0.5) is 11.4 Å². The molecule has 0 bridgehead atoms. The minimum atomic E-state index is 0.171. The molecule has 2 rings (SSSR count). The van der Waals surface area contributed by atoms with Gasteiger partial charge < -0.3 is 10.6 Å². The number of anilines is 2. The van der Waals surface area contributed by atoms with Crippen LogP contribution in [0.1, 0.15) is 33.1 Å². The lowest BCUT2D eigenvalue weighted by Gasteiger charge is -2.27. The van der Waals surface area contributed by atoms with E-state index < -0.39 is 0 Å². The average molecular weight is 246 g/mol. The molecule has 1 fully saturated rings. The lowest BCUT2D eigenvalue weighted by atomic mass is 9.96. The number of nitrogens with two attached hydrogens (primary N) is 1. The molecule has 1 aliphatic rings. The van der Waals surface area contributed by atoms with Gasteiger partial charge in [0.25, 0.3) is 0 Å². The highest BCUT2D eigenvalue weighted by molar-refractivity contribution is 5.97. The molecule has 1 amide bonds. The van der Waals surface area contributed by atoms with Crippen molar-refractivity contribution in [1.29, 1.82) is 0 Å². The summed E-state index contributed by atoms with van der Waals surface area (Å²) < 4.78 is 0. The largest absolute Gasteiger partial charge is 0.397 e. The van der Waals surface area contributed by atoms with Crippen molar-refractivity contribution in [2.45, 2.75) is 33.1 Å². The fraction of sp³-hybridized carbons (Fsp3) is 0.533. The van der Waals surface area contributed by atoms with Crippen molar-refractivity contribution in [2.24, 2.45) is 11.8 Å². The van der Waals surface area contributed by atoms with E-state index in [9.17, 15) is 4.79 Å². The van der Waals surface area contributed by atoms with Crippen LogP contribution in [0.15, 0.2) is 24.3 Å². The smallest absolute Gasteiger partial charge is 0.230 e. The maximum atomic E-state index is 12.6. The number of hydrogen-bond donors (Lipinski definition) is 1. The predicted octanol–water partition coefficient (Wildman–Crippen LogP) is 3.06. The fourth-order valence-electron chi connectivity index (χ4n) is 2.89. The summed E-state index contributed by atoms with van der Waals surface area (Å²) >= 11 is 0. The molecule has 1 aromatic carbocycles. The molecular formula is C15H22N2O. The summed E-state index contributed by atoms with van der Waals surface area (Å²) in [5.41, 5.74) is 7.50. The molecule has 3 nitrogen and oxygen atoms in total. The Labute approximate surface area is 109 Å². The molecule has 1 saturated carbocycles. The molecular weight excluding hydrogens is 224 g/mol. The number of carbonyl (C=O) groups excluding carboxylic acids is 1. The maximum absolute atomic E-state index is 12.6. The van der Waals surface area contributed by atoms with Crippen LogP contribution in [0, 0.1) is 11.8 Å². The number of amides is 1. The second-order valence-corrected chi connectivity index (χ2v) is 5.16. The second kappa shape index (κ2) is 5.42. The molecule has 3 heteroatoms. The van der Waals surface area contributed by atoms with Crippen LogP contribution in [0.5, 0.6) is 0 Å². The van der Waals surface area contributed by atoms with E-state index in [2.05, 4.69) is 6.92 Å². The SMILES string of the molecule is CCN(C(=O)C1CCCC1C)c1ccccc1N. The van der Waals surface area contributed by atoms with E-state index in [0.717, 1.165) is 18.5 Å². The quantitative estimate of drug-likeness (QED) is 0.833. The van der Waals surface area contributed by atoms with Crippen LogP contribution in [0.25, 0.3) is 0 Å². The number of para-hydroxylation sites is 2. The summed E-state index contributed by atoms with van der Waals surface area (Å²) in [4.78, 5) is 14.4. The van der Waals surface area contributed by atoms with Crippen molar-refractivity contribution in [1.82, 2.24) is 0 Å². The summed E-state index contributed by atoms with van der Waals surface area (Å²) in [5, 5.41) is 0. The molecule has 0 aliphatic heterocycles. The Morgan fingerprint density at radius 3 is 2.67 bits per heavy atom. The van der Waals surface area contributed by atoms with Crippen molar-refractivity contribution in [3.63, 3.8) is 0 Å². The summed E-state index contributed by atoms with van der Waals surface area (Å²) in [5.74, 6) is 0.904. The van der Waals surface area contributed by atoms with Gasteiger partial charge in [0.1, 0.15) is 0 Å². The molecule has 0 aromatic heterocycles. The van der Waals surface area contributed by atoms with Crippen LogP contribution in [-0.4, -0.2) is 12.5 Å². The topological polar surface area (TPSA) is 46.3 Å². The van der Waals surface area contributed by atoms with Gasteiger partial charge in [0.2, 0.25) is 5.91 Å². The normalized spacial score (nSPS) is 23.0. The van der Waals surface area contributed by atoms with Gasteiger partial charge in [-0.1, -0.05) is 25.5 Å². The number of carbonyl (C=O) groups is 1. The molecule has 0 radical (unpaired) electrons. The Bertz CT molecular complexity index is 430. The highest BCUT2D eigenvalue weighted by atomic mass is 16.2. The van der Waals surface area contributed by atoms with Crippen molar-refractivity contribution >= 4 is 17.3 Å². The second-order valence-electron chi connectivity index (χ2n) is 5.16. The van der Waals surface area contributed by atoms with Gasteiger partial charge in [0, 0.05) is 12.5 Å². The van der Waals surface area contributed by atoms with Crippen molar-refractivity contribution in [2.75, 3.05) is 17.2 Å². The third-order valence-electron chi connectivity index (χ3n) is 3.99. The number of nitrogens with zero attached hydrogens (tertiary/aromatic N) is 1. The number of rotatable bonds is 3. The van der Waals surface area contributed by atoms with E-state index >= 15 is 0 Å². The zero-order valence-corrected chi connectivity index (χ0v) is 11.2. The van der Waals surface area contributed by atoms with Gasteiger partial charge in [-0.25, -0.2) is 0 Å². The standard InChI is InChI=1S/C15H22N2O/c1-3-17(14-10-5-4-9-13(14)16)15(18)12-8-6-7-11(12)2/h4-5,9-12H,3,6-8,16H2,1-2H3. The van der Waals surface area contributed by atoms with Gasteiger partial charge in [0.15, 0.2) is 0 Å². The number of nitrogen functional groups attached to an aromatic ring is 1. The molecule has 2 N–H and O–H groups in total. The molecule has 0 heterocycles. The zero-order valence-electron chi connectivity index (χ0n) is 11.2. The summed E-state index contributed by atoms with van der Waals surface area (Å²) in [6.45, 7) is 4.86. The van der Waals surface area contributed by atoms with Crippen LogP contribution in [-0.2, 0) is 4.79 Å². The van der Waals surface area contributed by atoms with Crippen molar-refractivity contribution in [3.05, 3.63) is 24.3 Å².